The number of hydrogen-bond acceptors (Lipinski definition) is 4. The number of para-hydroxylation sites is 1. The number of hydrogen-bond donors (Lipinski definition) is 0. The van der Waals surface area contributed by atoms with Crippen LogP contribution in [0.5, 0.6) is 0 Å². The molecule has 1 atom stereocenters. The van der Waals surface area contributed by atoms with Gasteiger partial charge in [0.05, 0.1) is 24.2 Å². The first-order chi connectivity index (χ1) is 19.2. The molecule has 0 bridgehead atoms. The number of nitrogens with zero attached hydrogens (tertiary/aromatic N) is 2. The molecule has 1 amide bonds. The minimum atomic E-state index is -0.745. The predicted molar refractivity (Wildman–Crippen MR) is 145 cm³/mol. The lowest BCUT2D eigenvalue weighted by Gasteiger charge is -2.22. The van der Waals surface area contributed by atoms with Gasteiger partial charge in [-0.05, 0) is 66.4 Å². The van der Waals surface area contributed by atoms with Gasteiger partial charge in [-0.25, -0.2) is 13.2 Å². The molecule has 1 aliphatic rings. The van der Waals surface area contributed by atoms with Crippen molar-refractivity contribution in [1.29, 1.82) is 0 Å². The normalized spacial score (nSPS) is 13.3. The summed E-state index contributed by atoms with van der Waals surface area (Å²) < 4.78 is 42.4. The van der Waals surface area contributed by atoms with Gasteiger partial charge in [0.25, 0.3) is 0 Å². The van der Waals surface area contributed by atoms with Crippen LogP contribution in [0.15, 0.2) is 79.0 Å². The Morgan fingerprint density at radius 2 is 1.70 bits per heavy atom. The summed E-state index contributed by atoms with van der Waals surface area (Å²) in [6, 6.07) is 18.0. The number of aromatic nitrogens is 1. The molecule has 0 radical (unpaired) electrons. The lowest BCUT2D eigenvalue weighted by Crippen LogP contribution is -2.33. The minimum absolute atomic E-state index is 0.0746. The molecule has 0 saturated carbocycles. The van der Waals surface area contributed by atoms with Crippen molar-refractivity contribution in [2.75, 3.05) is 11.4 Å². The summed E-state index contributed by atoms with van der Waals surface area (Å²) in [5, 5.41) is 0. The van der Waals surface area contributed by atoms with E-state index in [0.717, 1.165) is 11.6 Å². The van der Waals surface area contributed by atoms with Crippen LogP contribution in [0, 0.1) is 17.5 Å². The third-order valence-electron chi connectivity index (χ3n) is 7.02. The Bertz CT molecular complexity index is 1620. The van der Waals surface area contributed by atoms with Gasteiger partial charge >= 0.3 is 0 Å². The van der Waals surface area contributed by atoms with Crippen molar-refractivity contribution < 1.29 is 27.6 Å². The van der Waals surface area contributed by atoms with Crippen molar-refractivity contribution in [1.82, 2.24) is 4.98 Å². The number of anilines is 1. The number of amides is 1. The van der Waals surface area contributed by atoms with Gasteiger partial charge in [-0.2, -0.15) is 0 Å². The number of carbonyl (C=O) groups excluding carboxylic acids is 3. The zero-order chi connectivity index (χ0) is 28.4. The smallest absolute Gasteiger partial charge is 0.231 e. The monoisotopic (exact) mass is 542 g/mol. The Labute approximate surface area is 229 Å². The summed E-state index contributed by atoms with van der Waals surface area (Å²) in [7, 11) is 0. The van der Waals surface area contributed by atoms with Gasteiger partial charge in [-0.15, -0.1) is 0 Å². The number of rotatable bonds is 9. The Morgan fingerprint density at radius 3 is 2.45 bits per heavy atom. The number of halogens is 3. The van der Waals surface area contributed by atoms with E-state index in [1.54, 1.807) is 24.3 Å². The van der Waals surface area contributed by atoms with Gasteiger partial charge in [-0.1, -0.05) is 30.3 Å². The number of pyridine rings is 1. The quantitative estimate of drug-likeness (QED) is 0.235. The van der Waals surface area contributed by atoms with Crippen LogP contribution in [0.2, 0.25) is 0 Å². The fourth-order valence-electron chi connectivity index (χ4n) is 5.23. The molecule has 5 nitrogen and oxygen atoms in total. The maximum absolute atomic E-state index is 14.3. The van der Waals surface area contributed by atoms with Gasteiger partial charge in [-0.3, -0.25) is 19.4 Å². The fraction of sp³-hybridized carbons (Fsp3) is 0.188. The zero-order valence-corrected chi connectivity index (χ0v) is 21.7. The molecule has 4 aromatic rings. The Balaban J connectivity index is 1.51. The van der Waals surface area contributed by atoms with Crippen molar-refractivity contribution in [2.24, 2.45) is 0 Å². The number of fused-ring (bicyclic) bond motifs is 1. The molecule has 40 heavy (non-hydrogen) atoms. The van der Waals surface area contributed by atoms with E-state index in [1.807, 2.05) is 12.1 Å². The summed E-state index contributed by atoms with van der Waals surface area (Å²) in [6.45, 7) is 1.11. The molecule has 1 aromatic heterocycles. The summed E-state index contributed by atoms with van der Waals surface area (Å²) >= 11 is 0. The molecule has 8 heteroatoms. The van der Waals surface area contributed by atoms with Crippen LogP contribution in [0.25, 0.3) is 11.1 Å². The van der Waals surface area contributed by atoms with Gasteiger partial charge in [0.15, 0.2) is 11.6 Å². The van der Waals surface area contributed by atoms with E-state index in [-0.39, 0.29) is 43.1 Å². The summed E-state index contributed by atoms with van der Waals surface area (Å²) in [5.41, 5.74) is 3.30. The van der Waals surface area contributed by atoms with Crippen LogP contribution >= 0.6 is 0 Å². The fourth-order valence-corrected chi connectivity index (χ4v) is 5.23. The van der Waals surface area contributed by atoms with E-state index in [4.69, 9.17) is 0 Å². The van der Waals surface area contributed by atoms with E-state index in [0.29, 0.717) is 28.1 Å². The number of ketones is 2. The number of Topliss-reactive ketones (excluding diaryl/α,β-unsaturated/α-hetero) is 2. The second-order valence-corrected chi connectivity index (χ2v) is 9.89. The van der Waals surface area contributed by atoms with Crippen LogP contribution in [0.1, 0.15) is 46.4 Å². The molecule has 3 aromatic carbocycles. The molecule has 0 N–H and O–H groups in total. The molecule has 0 saturated heterocycles. The van der Waals surface area contributed by atoms with Gasteiger partial charge in [0.1, 0.15) is 17.5 Å². The summed E-state index contributed by atoms with van der Waals surface area (Å²) in [4.78, 5) is 44.1. The topological polar surface area (TPSA) is 67.3 Å². The lowest BCUT2D eigenvalue weighted by atomic mass is 9.86. The van der Waals surface area contributed by atoms with Crippen molar-refractivity contribution in [3.8, 4) is 11.1 Å². The first kappa shape index (κ1) is 27.0. The molecule has 202 valence electrons. The maximum atomic E-state index is 14.3. The SMILES string of the molecule is CC(=O)c1cc(-c2cccnc2[C@@H](CC(=O)CN2C(=O)Cc3ccccc32)Cc2cc(F)cc(F)c2)ccc1F. The van der Waals surface area contributed by atoms with Crippen molar-refractivity contribution in [3.63, 3.8) is 0 Å². The largest absolute Gasteiger partial charge is 0.304 e. The molecular weight excluding hydrogens is 517 g/mol. The van der Waals surface area contributed by atoms with Crippen LogP contribution in [-0.4, -0.2) is 29.0 Å². The highest BCUT2D eigenvalue weighted by Gasteiger charge is 2.30. The molecule has 0 aliphatic carbocycles. The highest BCUT2D eigenvalue weighted by molar-refractivity contribution is 6.05. The van der Waals surface area contributed by atoms with Crippen LogP contribution in [0.4, 0.5) is 18.9 Å². The third kappa shape index (κ3) is 5.71. The van der Waals surface area contributed by atoms with Crippen LogP contribution in [-0.2, 0) is 22.4 Å². The molecule has 5 rings (SSSR count). The van der Waals surface area contributed by atoms with Gasteiger partial charge in [0, 0.05) is 35.9 Å². The molecule has 2 heterocycles. The van der Waals surface area contributed by atoms with Crippen molar-refractivity contribution in [2.45, 2.75) is 32.1 Å². The summed E-state index contributed by atoms with van der Waals surface area (Å²) in [5.74, 6) is -3.66. The van der Waals surface area contributed by atoms with E-state index >= 15 is 0 Å². The predicted octanol–water partition coefficient (Wildman–Crippen LogP) is 6.24. The number of carbonyl (C=O) groups is 3. The van der Waals surface area contributed by atoms with E-state index in [1.165, 1.54) is 48.4 Å². The second kappa shape index (κ2) is 11.3. The standard InChI is InChI=1S/C32H25F3N2O3/c1-19(38)28-15-21(8-9-29(28)35)27-6-4-10-36-32(27)23(11-20-12-24(33)17-25(34)13-20)14-26(39)18-37-30-7-3-2-5-22(30)16-31(37)40/h2-10,12-13,15,17,23H,11,14,16,18H2,1H3/t23-/m1/s1. The molecular formula is C32H25F3N2O3. The highest BCUT2D eigenvalue weighted by Crippen LogP contribution is 2.34. The van der Waals surface area contributed by atoms with E-state index in [9.17, 15) is 27.6 Å². The van der Waals surface area contributed by atoms with E-state index < -0.39 is 29.2 Å². The highest BCUT2D eigenvalue weighted by atomic mass is 19.1. The average molecular weight is 543 g/mol. The lowest BCUT2D eigenvalue weighted by molar-refractivity contribution is -0.122. The first-order valence-corrected chi connectivity index (χ1v) is 12.8. The summed E-state index contributed by atoms with van der Waals surface area (Å²) in [6.07, 6.45) is 1.76. The van der Waals surface area contributed by atoms with Crippen molar-refractivity contribution in [3.05, 3.63) is 119 Å². The Hall–Kier alpha value is -4.59. The van der Waals surface area contributed by atoms with Gasteiger partial charge < -0.3 is 4.90 Å². The molecule has 1 aliphatic heterocycles. The Kier molecular flexibility index (Phi) is 7.60. The Morgan fingerprint density at radius 1 is 0.950 bits per heavy atom. The van der Waals surface area contributed by atoms with E-state index in [2.05, 4.69) is 4.98 Å². The maximum Gasteiger partial charge on any atom is 0.231 e. The molecule has 0 unspecified atom stereocenters. The molecule has 0 spiro atoms. The van der Waals surface area contributed by atoms with Crippen LogP contribution < -0.4 is 4.90 Å². The second-order valence-electron chi connectivity index (χ2n) is 9.89. The van der Waals surface area contributed by atoms with Gasteiger partial charge in [0.2, 0.25) is 5.91 Å². The average Bonchev–Trinajstić information content (AvgIpc) is 3.22. The minimum Gasteiger partial charge on any atom is -0.304 e. The first-order valence-electron chi connectivity index (χ1n) is 12.8. The molecule has 0 fully saturated rings. The third-order valence-corrected chi connectivity index (χ3v) is 7.02. The van der Waals surface area contributed by atoms with Crippen LogP contribution in [0.3, 0.4) is 0 Å². The van der Waals surface area contributed by atoms with Crippen molar-refractivity contribution >= 4 is 23.2 Å². The number of benzene rings is 3. The zero-order valence-electron chi connectivity index (χ0n) is 21.7.